The monoisotopic (exact) mass is 963 g/mol. The van der Waals surface area contributed by atoms with Gasteiger partial charge in [0.15, 0.2) is 5.75 Å². The summed E-state index contributed by atoms with van der Waals surface area (Å²) in [7, 11) is -15.6. The van der Waals surface area contributed by atoms with E-state index in [0.29, 0.717) is 45.4 Å². The molecule has 0 amide bonds. The number of nitrogens with zero attached hydrogens (tertiary/aromatic N) is 7. The van der Waals surface area contributed by atoms with Gasteiger partial charge in [0.1, 0.15) is 41.7 Å². The summed E-state index contributed by atoms with van der Waals surface area (Å²) in [6.07, 6.45) is 0. The molecular formula is C38H24N9Na3O12S3. The number of nitrogen functional groups attached to an aromatic ring is 2. The van der Waals surface area contributed by atoms with Crippen LogP contribution in [0.2, 0.25) is 0 Å². The molecule has 0 aromatic heterocycles. The van der Waals surface area contributed by atoms with Crippen LogP contribution in [0.5, 0.6) is 5.75 Å². The Morgan fingerprint density at radius 2 is 1.06 bits per heavy atom. The molecule has 0 atom stereocenters. The van der Waals surface area contributed by atoms with E-state index in [0.717, 1.165) is 18.2 Å². The number of nitrogens with two attached hydrogens (primary N) is 2. The number of rotatable bonds is 11. The van der Waals surface area contributed by atoms with Gasteiger partial charge in [-0.05, 0) is 83.2 Å². The molecule has 5 N–H and O–H groups in total. The molecule has 0 spiro atoms. The maximum Gasteiger partial charge on any atom is 1.00 e. The Bertz CT molecular complexity index is 3460. The van der Waals surface area contributed by atoms with Crippen molar-refractivity contribution in [2.24, 2.45) is 30.7 Å². The topological polar surface area (TPSA) is 361 Å². The van der Waals surface area contributed by atoms with Crippen molar-refractivity contribution in [1.82, 2.24) is 0 Å². The predicted molar refractivity (Wildman–Crippen MR) is 220 cm³/mol. The van der Waals surface area contributed by atoms with Gasteiger partial charge < -0.3 is 30.2 Å². The Morgan fingerprint density at radius 1 is 0.538 bits per heavy atom. The minimum atomic E-state index is -5.45. The molecule has 0 fully saturated rings. The number of hydrogen-bond donors (Lipinski definition) is 3. The van der Waals surface area contributed by atoms with Gasteiger partial charge in [-0.1, -0.05) is 36.4 Å². The summed E-state index contributed by atoms with van der Waals surface area (Å²) in [5.74, 6) is -1.04. The number of azo groups is 3. The van der Waals surface area contributed by atoms with Gasteiger partial charge in [-0.3, -0.25) is 10.1 Å². The zero-order valence-electron chi connectivity index (χ0n) is 33.9. The molecular weight excluding hydrogens is 940 g/mol. The van der Waals surface area contributed by atoms with Gasteiger partial charge in [0.2, 0.25) is 0 Å². The maximum atomic E-state index is 12.4. The summed E-state index contributed by atoms with van der Waals surface area (Å²) in [4.78, 5) is 7.76. The van der Waals surface area contributed by atoms with Crippen LogP contribution in [0.1, 0.15) is 0 Å². The molecule has 7 aromatic carbocycles. The minimum Gasteiger partial charge on any atom is -0.744 e. The van der Waals surface area contributed by atoms with Crippen molar-refractivity contribution >= 4 is 103 Å². The summed E-state index contributed by atoms with van der Waals surface area (Å²) in [5, 5.41) is 46.0. The maximum absolute atomic E-state index is 12.4. The van der Waals surface area contributed by atoms with Gasteiger partial charge in [-0.25, -0.2) is 25.3 Å². The average Bonchev–Trinajstić information content (AvgIpc) is 3.22. The van der Waals surface area contributed by atoms with Crippen LogP contribution in [-0.2, 0) is 30.4 Å². The van der Waals surface area contributed by atoms with E-state index < -0.39 is 83.5 Å². The zero-order valence-corrected chi connectivity index (χ0v) is 42.4. The zero-order chi connectivity index (χ0) is 44.7. The predicted octanol–water partition coefficient (Wildman–Crippen LogP) is -0.591. The molecule has 0 aliphatic heterocycles. The number of non-ortho nitro benzene ring substituents is 1. The molecule has 0 saturated heterocycles. The number of nitro benzene ring substituents is 1. The third-order valence-electron chi connectivity index (χ3n) is 9.05. The number of phenolic OH excluding ortho intramolecular Hbond substituents is 1. The van der Waals surface area contributed by atoms with Gasteiger partial charge in [0, 0.05) is 28.6 Å². The van der Waals surface area contributed by atoms with Crippen LogP contribution in [-0.4, -0.2) is 48.9 Å². The molecule has 0 radical (unpaired) electrons. The number of anilines is 2. The van der Waals surface area contributed by atoms with E-state index in [4.69, 9.17) is 11.5 Å². The first kappa shape index (κ1) is 53.0. The van der Waals surface area contributed by atoms with Crippen LogP contribution < -0.4 is 100 Å². The summed E-state index contributed by atoms with van der Waals surface area (Å²) < 4.78 is 109. The summed E-state index contributed by atoms with van der Waals surface area (Å²) in [6.45, 7) is 0. The van der Waals surface area contributed by atoms with Crippen LogP contribution in [0.3, 0.4) is 0 Å². The van der Waals surface area contributed by atoms with Gasteiger partial charge in [-0.2, -0.15) is 15.3 Å². The van der Waals surface area contributed by atoms with E-state index >= 15 is 0 Å². The van der Waals surface area contributed by atoms with E-state index in [1.165, 1.54) is 42.5 Å². The van der Waals surface area contributed by atoms with Crippen molar-refractivity contribution < 1.29 is 138 Å². The normalized spacial score (nSPS) is 12.0. The Labute approximate surface area is 435 Å². The Balaban J connectivity index is 0.00000308. The van der Waals surface area contributed by atoms with Gasteiger partial charge in [-0.15, -0.1) is 15.3 Å². The Kier molecular flexibility index (Phi) is 17.1. The average molecular weight is 964 g/mol. The molecule has 0 unspecified atom stereocenters. The standard InChI is InChI=1S/C38H27N9O12S3.3Na/c39-30-14-15-31(29-19-27(60(51,52)53)12-13-28(29)30)44-41-23-8-4-20(5-9-23)21-6-10-24(11-7-21)42-46-37-33(62(57,58)59)17-22-16-32(61(54,55)56)36(35(40)34(22)38(37)48)45-43-25-2-1-3-26(18-25)47(49)50;;;/h1-19,48H,39-40H2,(H,51,52,53)(H,54,55,56)(H,57,58,59);;;/q;3*+1/p-3. The van der Waals surface area contributed by atoms with E-state index in [-0.39, 0.29) is 111 Å². The van der Waals surface area contributed by atoms with Crippen LogP contribution in [0.15, 0.2) is 161 Å². The number of aromatic hydroxyl groups is 1. The second-order valence-electron chi connectivity index (χ2n) is 13.0. The van der Waals surface area contributed by atoms with Crippen molar-refractivity contribution in [3.8, 4) is 16.9 Å². The largest absolute Gasteiger partial charge is 1.00 e. The SMILES string of the molecule is Nc1ccc(N=Nc2ccc(-c3ccc(N=Nc4c(S(=O)(=O)[O-])cc5cc(S(=O)(=O)[O-])c(N=Nc6cccc([N+](=O)[O-])c6)c(N)c5c4O)cc3)cc2)c2cc(S(=O)(=O)[O-])ccc12.[Na+].[Na+].[Na+]. The van der Waals surface area contributed by atoms with E-state index in [2.05, 4.69) is 30.7 Å². The fourth-order valence-corrected chi connectivity index (χ4v) is 7.91. The summed E-state index contributed by atoms with van der Waals surface area (Å²) in [5.41, 5.74) is 11.8. The fraction of sp³-hybridized carbons (Fsp3) is 0. The van der Waals surface area contributed by atoms with Crippen molar-refractivity contribution in [2.45, 2.75) is 14.7 Å². The third kappa shape index (κ3) is 11.9. The summed E-state index contributed by atoms with van der Waals surface area (Å²) in [6, 6.07) is 25.8. The number of phenols is 1. The van der Waals surface area contributed by atoms with Crippen molar-refractivity contribution in [3.63, 3.8) is 0 Å². The second-order valence-corrected chi connectivity index (χ2v) is 17.1. The van der Waals surface area contributed by atoms with Crippen LogP contribution in [0.4, 0.5) is 51.2 Å². The molecule has 314 valence electrons. The first-order valence-electron chi connectivity index (χ1n) is 17.2. The molecule has 21 nitrogen and oxygen atoms in total. The van der Waals surface area contributed by atoms with Gasteiger partial charge in [0.25, 0.3) is 5.69 Å². The van der Waals surface area contributed by atoms with E-state index in [1.54, 1.807) is 42.5 Å². The second kappa shape index (κ2) is 20.9. The Morgan fingerprint density at radius 3 is 1.60 bits per heavy atom. The van der Waals surface area contributed by atoms with Crippen molar-refractivity contribution in [1.29, 1.82) is 0 Å². The molecule has 0 aliphatic rings. The molecule has 0 bridgehead atoms. The first-order chi connectivity index (χ1) is 29.2. The van der Waals surface area contributed by atoms with Gasteiger partial charge >= 0.3 is 88.7 Å². The number of fused-ring (bicyclic) bond motifs is 2. The van der Waals surface area contributed by atoms with Gasteiger partial charge in [0.05, 0.1) is 53.4 Å². The molecule has 27 heteroatoms. The molecule has 65 heavy (non-hydrogen) atoms. The number of benzene rings is 7. The quantitative estimate of drug-likeness (QED) is 0.0365. The van der Waals surface area contributed by atoms with Crippen molar-refractivity contribution in [3.05, 3.63) is 125 Å². The van der Waals surface area contributed by atoms with Crippen LogP contribution >= 0.6 is 0 Å². The smallest absolute Gasteiger partial charge is 0.744 e. The van der Waals surface area contributed by atoms with Crippen LogP contribution in [0.25, 0.3) is 32.7 Å². The molecule has 0 aliphatic carbocycles. The summed E-state index contributed by atoms with van der Waals surface area (Å²) >= 11 is 0. The van der Waals surface area contributed by atoms with E-state index in [9.17, 15) is 54.1 Å². The Hall–Kier alpha value is -4.61. The van der Waals surface area contributed by atoms with Crippen LogP contribution in [0, 0.1) is 10.1 Å². The molecule has 0 saturated carbocycles. The minimum absolute atomic E-state index is 0. The molecule has 7 rings (SSSR count). The number of hydrogen-bond acceptors (Lipinski definition) is 20. The fourth-order valence-electron chi connectivity index (χ4n) is 6.11. The molecule has 0 heterocycles. The first-order valence-corrected chi connectivity index (χ1v) is 21.4. The van der Waals surface area contributed by atoms with Crippen molar-refractivity contribution in [2.75, 3.05) is 11.5 Å². The number of nitro groups is 1. The van der Waals surface area contributed by atoms with E-state index in [1.807, 2.05) is 0 Å². The third-order valence-corrected chi connectivity index (χ3v) is 11.6. The molecule has 7 aromatic rings.